The summed E-state index contributed by atoms with van der Waals surface area (Å²) in [5.74, 6) is 2.30. The number of nitrogens with zero attached hydrogens (tertiary/aromatic N) is 3. The molecule has 0 saturated carbocycles. The Kier molecular flexibility index (Phi) is 2.98. The Morgan fingerprint density at radius 3 is 2.68 bits per heavy atom. The van der Waals surface area contributed by atoms with Gasteiger partial charge in [-0.25, -0.2) is 4.68 Å². The Hall–Kier alpha value is -1.89. The van der Waals surface area contributed by atoms with Crippen LogP contribution in [0.1, 0.15) is 16.8 Å². The van der Waals surface area contributed by atoms with Crippen molar-refractivity contribution >= 4 is 11.8 Å². The third-order valence-corrected chi connectivity index (χ3v) is 4.06. The third kappa shape index (κ3) is 1.99. The summed E-state index contributed by atoms with van der Waals surface area (Å²) in [6.07, 6.45) is 0. The summed E-state index contributed by atoms with van der Waals surface area (Å²) in [5, 5.41) is 9.09. The van der Waals surface area contributed by atoms with Crippen molar-refractivity contribution in [2.75, 3.05) is 19.6 Å². The fourth-order valence-corrected chi connectivity index (χ4v) is 3.01. The number of aryl methyl sites for hydroxylation is 1. The quantitative estimate of drug-likeness (QED) is 0.926. The summed E-state index contributed by atoms with van der Waals surface area (Å²) < 4.78 is 12.5. The number of ether oxygens (including phenoxy) is 2. The molecule has 0 spiro atoms. The number of rotatable bonds is 3. The number of methoxy groups -OCH3 is 2. The molecule has 1 atom stereocenters. The summed E-state index contributed by atoms with van der Waals surface area (Å²) >= 11 is 1.62. The van der Waals surface area contributed by atoms with Crippen molar-refractivity contribution < 1.29 is 9.47 Å². The molecule has 1 aliphatic heterocycles. The molecule has 0 aliphatic carbocycles. The van der Waals surface area contributed by atoms with Gasteiger partial charge in [0.1, 0.15) is 11.2 Å². The maximum absolute atomic E-state index is 5.32. The molecule has 19 heavy (non-hydrogen) atoms. The highest BCUT2D eigenvalue weighted by atomic mass is 32.2. The number of thioether (sulfide) groups is 1. The fraction of sp³-hybridized carbons (Fsp3) is 0.333. The predicted octanol–water partition coefficient (Wildman–Crippen LogP) is 1.95. The van der Waals surface area contributed by atoms with Gasteiger partial charge in [0, 0.05) is 0 Å². The summed E-state index contributed by atoms with van der Waals surface area (Å²) in [6, 6.07) is 5.89. The standard InChI is InChI=1S/C12H14N4O2S/c1-7-13-14-12-16(7)15-11(19-12)8-4-5-9(17-2)10(6-8)18-3/h4-6,11,15H,1-3H3. The molecule has 7 heteroatoms. The van der Waals surface area contributed by atoms with Crippen molar-refractivity contribution in [1.82, 2.24) is 14.9 Å². The van der Waals surface area contributed by atoms with E-state index in [-0.39, 0.29) is 5.37 Å². The number of fused-ring (bicyclic) bond motifs is 1. The molecule has 1 aromatic heterocycles. The van der Waals surface area contributed by atoms with Gasteiger partial charge in [0.2, 0.25) is 5.16 Å². The largest absolute Gasteiger partial charge is 0.493 e. The van der Waals surface area contributed by atoms with Crippen molar-refractivity contribution in [1.29, 1.82) is 0 Å². The first-order valence-corrected chi connectivity index (χ1v) is 6.68. The maximum Gasteiger partial charge on any atom is 0.212 e. The molecule has 1 aromatic carbocycles. The molecule has 0 saturated heterocycles. The molecule has 0 bridgehead atoms. The molecule has 2 heterocycles. The SMILES string of the molecule is COc1ccc(C2Nn3c(C)nnc3S2)cc1OC. The second-order valence-electron chi connectivity index (χ2n) is 4.11. The van der Waals surface area contributed by atoms with Crippen molar-refractivity contribution in [3.05, 3.63) is 29.6 Å². The second kappa shape index (κ2) is 4.65. The lowest BCUT2D eigenvalue weighted by molar-refractivity contribution is 0.354. The van der Waals surface area contributed by atoms with Gasteiger partial charge in [0.05, 0.1) is 14.2 Å². The van der Waals surface area contributed by atoms with Gasteiger partial charge in [0.15, 0.2) is 11.5 Å². The molecule has 0 fully saturated rings. The Balaban J connectivity index is 1.89. The van der Waals surface area contributed by atoms with E-state index in [1.54, 1.807) is 26.0 Å². The zero-order valence-electron chi connectivity index (χ0n) is 10.9. The first-order chi connectivity index (χ1) is 9.22. The zero-order chi connectivity index (χ0) is 13.4. The Morgan fingerprint density at radius 1 is 1.21 bits per heavy atom. The van der Waals surface area contributed by atoms with Crippen LogP contribution in [-0.2, 0) is 0 Å². The molecule has 3 rings (SSSR count). The van der Waals surface area contributed by atoms with E-state index < -0.39 is 0 Å². The van der Waals surface area contributed by atoms with Gasteiger partial charge < -0.3 is 14.9 Å². The van der Waals surface area contributed by atoms with E-state index in [0.717, 1.165) is 28.0 Å². The lowest BCUT2D eigenvalue weighted by Crippen LogP contribution is -2.13. The third-order valence-electron chi connectivity index (χ3n) is 2.98. The molecular weight excluding hydrogens is 264 g/mol. The molecule has 0 amide bonds. The van der Waals surface area contributed by atoms with Crippen LogP contribution < -0.4 is 14.9 Å². The highest BCUT2D eigenvalue weighted by Gasteiger charge is 2.26. The molecular formula is C12H14N4O2S. The first-order valence-electron chi connectivity index (χ1n) is 5.80. The second-order valence-corrected chi connectivity index (χ2v) is 5.18. The Morgan fingerprint density at radius 2 is 2.00 bits per heavy atom. The minimum absolute atomic E-state index is 0.101. The highest BCUT2D eigenvalue weighted by molar-refractivity contribution is 7.99. The van der Waals surface area contributed by atoms with Gasteiger partial charge in [-0.15, -0.1) is 10.2 Å². The van der Waals surface area contributed by atoms with Crippen LogP contribution in [0.5, 0.6) is 11.5 Å². The molecule has 100 valence electrons. The van der Waals surface area contributed by atoms with E-state index in [1.807, 2.05) is 29.8 Å². The van der Waals surface area contributed by atoms with Crippen LogP contribution in [0.3, 0.4) is 0 Å². The molecule has 1 aliphatic rings. The number of hydrogen-bond acceptors (Lipinski definition) is 6. The van der Waals surface area contributed by atoms with E-state index in [0.29, 0.717) is 0 Å². The Bertz CT molecular complexity index is 614. The number of nitrogens with one attached hydrogen (secondary N) is 1. The van der Waals surface area contributed by atoms with Crippen LogP contribution >= 0.6 is 11.8 Å². The van der Waals surface area contributed by atoms with Crippen molar-refractivity contribution in [3.63, 3.8) is 0 Å². The van der Waals surface area contributed by atoms with E-state index in [1.165, 1.54) is 0 Å². The van der Waals surface area contributed by atoms with Crippen molar-refractivity contribution in [2.45, 2.75) is 17.5 Å². The molecule has 6 nitrogen and oxygen atoms in total. The van der Waals surface area contributed by atoms with Crippen molar-refractivity contribution in [2.24, 2.45) is 0 Å². The smallest absolute Gasteiger partial charge is 0.212 e. The number of hydrogen-bond donors (Lipinski definition) is 1. The zero-order valence-corrected chi connectivity index (χ0v) is 11.7. The van der Waals surface area contributed by atoms with Gasteiger partial charge in [-0.2, -0.15) is 0 Å². The van der Waals surface area contributed by atoms with Gasteiger partial charge in [-0.05, 0) is 24.6 Å². The predicted molar refractivity (Wildman–Crippen MR) is 72.3 cm³/mol. The topological polar surface area (TPSA) is 61.2 Å². The first kappa shape index (κ1) is 12.2. The Labute approximate surface area is 115 Å². The summed E-state index contributed by atoms with van der Waals surface area (Å²) in [5.41, 5.74) is 4.45. The molecule has 1 N–H and O–H groups in total. The monoisotopic (exact) mass is 278 g/mol. The van der Waals surface area contributed by atoms with Crippen LogP contribution in [0, 0.1) is 6.92 Å². The molecule has 0 radical (unpaired) electrons. The molecule has 2 aromatic rings. The van der Waals surface area contributed by atoms with Crippen molar-refractivity contribution in [3.8, 4) is 11.5 Å². The van der Waals surface area contributed by atoms with Crippen LogP contribution in [0.15, 0.2) is 23.4 Å². The van der Waals surface area contributed by atoms with Gasteiger partial charge in [-0.3, -0.25) is 0 Å². The van der Waals surface area contributed by atoms with Gasteiger partial charge in [-0.1, -0.05) is 17.8 Å². The number of benzene rings is 1. The maximum atomic E-state index is 5.32. The summed E-state index contributed by atoms with van der Waals surface area (Å²) in [6.45, 7) is 1.92. The van der Waals surface area contributed by atoms with Crippen LogP contribution in [0.25, 0.3) is 0 Å². The number of aromatic nitrogens is 3. The van der Waals surface area contributed by atoms with Crippen LogP contribution in [0.2, 0.25) is 0 Å². The van der Waals surface area contributed by atoms with E-state index >= 15 is 0 Å². The fourth-order valence-electron chi connectivity index (χ4n) is 1.98. The highest BCUT2D eigenvalue weighted by Crippen LogP contribution is 2.40. The average molecular weight is 278 g/mol. The minimum Gasteiger partial charge on any atom is -0.493 e. The van der Waals surface area contributed by atoms with Gasteiger partial charge >= 0.3 is 0 Å². The summed E-state index contributed by atoms with van der Waals surface area (Å²) in [4.78, 5) is 0. The lowest BCUT2D eigenvalue weighted by Gasteiger charge is -2.14. The van der Waals surface area contributed by atoms with Crippen LogP contribution in [0.4, 0.5) is 0 Å². The van der Waals surface area contributed by atoms with E-state index in [4.69, 9.17) is 9.47 Å². The molecule has 1 unspecified atom stereocenters. The minimum atomic E-state index is 0.101. The normalized spacial score (nSPS) is 16.9. The lowest BCUT2D eigenvalue weighted by atomic mass is 10.2. The average Bonchev–Trinajstić information content (AvgIpc) is 3.00. The van der Waals surface area contributed by atoms with Gasteiger partial charge in [0.25, 0.3) is 0 Å². The van der Waals surface area contributed by atoms with E-state index in [2.05, 4.69) is 15.6 Å². The van der Waals surface area contributed by atoms with E-state index in [9.17, 15) is 0 Å². The van der Waals surface area contributed by atoms with Crippen LogP contribution in [-0.4, -0.2) is 29.1 Å². The summed E-state index contributed by atoms with van der Waals surface area (Å²) in [7, 11) is 3.26.